The molecule has 216 valence electrons. The van der Waals surface area contributed by atoms with E-state index in [1.54, 1.807) is 0 Å². The molecule has 9 heteroatoms. The van der Waals surface area contributed by atoms with Gasteiger partial charge in [0.1, 0.15) is 5.60 Å². The van der Waals surface area contributed by atoms with Crippen molar-refractivity contribution >= 4 is 29.4 Å². The minimum absolute atomic E-state index is 0.0170. The molecular weight excluding hydrogens is 502 g/mol. The van der Waals surface area contributed by atoms with Crippen molar-refractivity contribution < 1.29 is 38.9 Å². The van der Waals surface area contributed by atoms with Crippen LogP contribution in [0.1, 0.15) is 97.3 Å². The van der Waals surface area contributed by atoms with Gasteiger partial charge in [0.25, 0.3) is 0 Å². The van der Waals surface area contributed by atoms with E-state index < -0.39 is 35.3 Å². The molecule has 0 saturated heterocycles. The maximum Gasteiger partial charge on any atom is 0.306 e. The van der Waals surface area contributed by atoms with E-state index in [9.17, 15) is 29.1 Å². The van der Waals surface area contributed by atoms with Crippen LogP contribution in [-0.4, -0.2) is 58.4 Å². The van der Waals surface area contributed by atoms with Gasteiger partial charge in [-0.3, -0.25) is 24.0 Å². The van der Waals surface area contributed by atoms with Crippen molar-refractivity contribution in [3.63, 3.8) is 0 Å². The Hall–Kier alpha value is -2.55. The van der Waals surface area contributed by atoms with Crippen LogP contribution >= 0.6 is 0 Å². The van der Waals surface area contributed by atoms with Crippen molar-refractivity contribution in [2.75, 3.05) is 13.2 Å². The zero-order valence-corrected chi connectivity index (χ0v) is 23.3. The van der Waals surface area contributed by atoms with Gasteiger partial charge >= 0.3 is 11.9 Å². The molecule has 0 aromatic heterocycles. The molecule has 4 aliphatic rings. The molecule has 4 aliphatic carbocycles. The number of aliphatic hydroxyl groups is 1. The number of hydrogen-bond donors (Lipinski definition) is 3. The minimum atomic E-state index is -1.55. The Labute approximate surface area is 230 Å². The number of carbonyl (C=O) groups excluding carboxylic acids is 4. The first kappa shape index (κ1) is 29.4. The molecule has 0 unspecified atom stereocenters. The van der Waals surface area contributed by atoms with Crippen molar-refractivity contribution in [2.45, 2.75) is 103 Å². The van der Waals surface area contributed by atoms with Crippen LogP contribution in [0.2, 0.25) is 0 Å². The van der Waals surface area contributed by atoms with Gasteiger partial charge in [0.15, 0.2) is 12.4 Å². The van der Waals surface area contributed by atoms with Crippen LogP contribution in [0.4, 0.5) is 0 Å². The molecule has 0 spiro atoms. The maximum absolute atomic E-state index is 13.3. The molecule has 9 nitrogen and oxygen atoms in total. The van der Waals surface area contributed by atoms with Gasteiger partial charge in [-0.05, 0) is 87.0 Å². The van der Waals surface area contributed by atoms with Gasteiger partial charge in [-0.15, -0.1) is 0 Å². The summed E-state index contributed by atoms with van der Waals surface area (Å²) in [5, 5.41) is 23.0. The summed E-state index contributed by atoms with van der Waals surface area (Å²) in [7, 11) is 0. The van der Waals surface area contributed by atoms with Crippen LogP contribution in [0.15, 0.2) is 11.6 Å². The first-order valence-corrected chi connectivity index (χ1v) is 14.5. The number of ketones is 2. The molecule has 0 heterocycles. The standard InChI is InChI=1S/C30H43NO8/c1-28-13-10-20(32)17-19(28)6-7-21-22(28)11-14-29(2)23(21)12-15-30(29,38)24(33)18-39-27(37)9-8-25(34)31-16-4-3-5-26(35)36/h17,21-23,38H,3-16,18H2,1-2H3,(H,31,34)(H,35,36)/t21-,22+,23+,28+,29+,30+/m1/s1. The summed E-state index contributed by atoms with van der Waals surface area (Å²) in [6.07, 6.45) is 8.74. The fraction of sp³-hybridized carbons (Fsp3) is 0.767. The van der Waals surface area contributed by atoms with Gasteiger partial charge in [0.2, 0.25) is 11.7 Å². The van der Waals surface area contributed by atoms with Crippen LogP contribution in [0.25, 0.3) is 0 Å². The Kier molecular flexibility index (Phi) is 8.69. The first-order chi connectivity index (χ1) is 18.4. The van der Waals surface area contributed by atoms with Gasteiger partial charge in [-0.1, -0.05) is 19.4 Å². The average Bonchev–Trinajstić information content (AvgIpc) is 3.17. The predicted octanol–water partition coefficient (Wildman–Crippen LogP) is 3.51. The van der Waals surface area contributed by atoms with Crippen LogP contribution in [0, 0.1) is 28.6 Å². The molecule has 3 fully saturated rings. The summed E-state index contributed by atoms with van der Waals surface area (Å²) in [6, 6.07) is 0. The summed E-state index contributed by atoms with van der Waals surface area (Å²) in [5.74, 6) is -1.07. The maximum atomic E-state index is 13.3. The van der Waals surface area contributed by atoms with Crippen LogP contribution < -0.4 is 5.32 Å². The number of rotatable bonds is 11. The second-order valence-electron chi connectivity index (χ2n) is 12.6. The van der Waals surface area contributed by atoms with E-state index in [1.165, 1.54) is 5.57 Å². The SMILES string of the molecule is C[C@]12CCC(=O)C=C1CC[C@@H]1[C@@H]2CC[C@@]2(C)[C@H]1CC[C@]2(O)C(=O)COC(=O)CCC(=O)NCCCCC(=O)O. The Morgan fingerprint density at radius 3 is 2.46 bits per heavy atom. The lowest BCUT2D eigenvalue weighted by atomic mass is 9.46. The molecule has 3 N–H and O–H groups in total. The number of hydrogen-bond acceptors (Lipinski definition) is 7. The number of esters is 1. The summed E-state index contributed by atoms with van der Waals surface area (Å²) in [5.41, 5.74) is -0.828. The molecular formula is C30H43NO8. The zero-order chi connectivity index (χ0) is 28.4. The van der Waals surface area contributed by atoms with E-state index in [2.05, 4.69) is 12.2 Å². The molecule has 6 atom stereocenters. The molecule has 4 rings (SSSR count). The summed E-state index contributed by atoms with van der Waals surface area (Å²) in [4.78, 5) is 60.0. The van der Waals surface area contributed by atoms with Gasteiger partial charge in [-0.25, -0.2) is 0 Å². The number of Topliss-reactive ketones (excluding diaryl/α,β-unsaturated/α-hetero) is 1. The number of unbranched alkanes of at least 4 members (excludes halogenated alkanes) is 1. The normalized spacial score (nSPS) is 35.2. The Morgan fingerprint density at radius 1 is 0.974 bits per heavy atom. The lowest BCUT2D eigenvalue weighted by molar-refractivity contribution is -0.170. The molecule has 0 aromatic rings. The van der Waals surface area contributed by atoms with Crippen molar-refractivity contribution in [1.82, 2.24) is 5.32 Å². The van der Waals surface area contributed by atoms with E-state index in [0.717, 1.165) is 38.5 Å². The third kappa shape index (κ3) is 5.70. The molecule has 0 bridgehead atoms. The van der Waals surface area contributed by atoms with E-state index in [-0.39, 0.29) is 42.3 Å². The van der Waals surface area contributed by atoms with Crippen LogP contribution in [0.3, 0.4) is 0 Å². The number of carbonyl (C=O) groups is 5. The Morgan fingerprint density at radius 2 is 1.72 bits per heavy atom. The number of fused-ring (bicyclic) bond motifs is 5. The summed E-state index contributed by atoms with van der Waals surface area (Å²) < 4.78 is 5.20. The lowest BCUT2D eigenvalue weighted by Gasteiger charge is -2.58. The van der Waals surface area contributed by atoms with E-state index in [4.69, 9.17) is 9.84 Å². The van der Waals surface area contributed by atoms with Gasteiger partial charge in [0, 0.05) is 31.2 Å². The highest BCUT2D eigenvalue weighted by atomic mass is 16.5. The van der Waals surface area contributed by atoms with Crippen molar-refractivity contribution in [3.8, 4) is 0 Å². The summed E-state index contributed by atoms with van der Waals surface area (Å²) in [6.45, 7) is 4.16. The first-order valence-electron chi connectivity index (χ1n) is 14.5. The van der Waals surface area contributed by atoms with Gasteiger partial charge < -0.3 is 20.3 Å². The Bertz CT molecular complexity index is 1050. The van der Waals surface area contributed by atoms with Crippen molar-refractivity contribution in [1.29, 1.82) is 0 Å². The number of ether oxygens (including phenoxy) is 1. The van der Waals surface area contributed by atoms with Gasteiger partial charge in [0.05, 0.1) is 6.42 Å². The highest BCUT2D eigenvalue weighted by Crippen LogP contribution is 2.67. The number of carboxylic acid groups (broad SMARTS) is 1. The zero-order valence-electron chi connectivity index (χ0n) is 23.3. The third-order valence-electron chi connectivity index (χ3n) is 10.6. The fourth-order valence-electron chi connectivity index (χ4n) is 8.30. The molecule has 0 radical (unpaired) electrons. The molecule has 3 saturated carbocycles. The molecule has 1 amide bonds. The molecule has 39 heavy (non-hydrogen) atoms. The van der Waals surface area contributed by atoms with Gasteiger partial charge in [-0.2, -0.15) is 0 Å². The van der Waals surface area contributed by atoms with Crippen molar-refractivity contribution in [3.05, 3.63) is 11.6 Å². The van der Waals surface area contributed by atoms with Crippen LogP contribution in [0.5, 0.6) is 0 Å². The monoisotopic (exact) mass is 545 g/mol. The number of allylic oxidation sites excluding steroid dienone is 1. The largest absolute Gasteiger partial charge is 0.481 e. The Balaban J connectivity index is 1.28. The molecule has 0 aliphatic heterocycles. The second-order valence-corrected chi connectivity index (χ2v) is 12.6. The minimum Gasteiger partial charge on any atom is -0.481 e. The van der Waals surface area contributed by atoms with E-state index >= 15 is 0 Å². The number of amides is 1. The smallest absolute Gasteiger partial charge is 0.306 e. The highest BCUT2D eigenvalue weighted by molar-refractivity contribution is 5.92. The summed E-state index contributed by atoms with van der Waals surface area (Å²) >= 11 is 0. The second kappa shape index (κ2) is 11.5. The molecule has 0 aromatic carbocycles. The average molecular weight is 546 g/mol. The number of carboxylic acids is 1. The van der Waals surface area contributed by atoms with E-state index in [0.29, 0.717) is 44.1 Å². The van der Waals surface area contributed by atoms with E-state index in [1.807, 2.05) is 13.0 Å². The quantitative estimate of drug-likeness (QED) is 0.264. The van der Waals surface area contributed by atoms with Crippen LogP contribution in [-0.2, 0) is 28.7 Å². The predicted molar refractivity (Wildman–Crippen MR) is 141 cm³/mol. The topological polar surface area (TPSA) is 147 Å². The highest BCUT2D eigenvalue weighted by Gasteiger charge is 2.66. The number of aliphatic carboxylic acids is 1. The third-order valence-corrected chi connectivity index (χ3v) is 10.6. The van der Waals surface area contributed by atoms with Crippen molar-refractivity contribution in [2.24, 2.45) is 28.6 Å². The number of nitrogens with one attached hydrogen (secondary N) is 1. The lowest BCUT2D eigenvalue weighted by Crippen LogP contribution is -2.58. The fourth-order valence-corrected chi connectivity index (χ4v) is 8.30.